The first-order valence-electron chi connectivity index (χ1n) is 10.6. The van der Waals surface area contributed by atoms with Crippen molar-refractivity contribution in [3.63, 3.8) is 0 Å². The number of carbonyl (C=O) groups is 2. The molecule has 1 heterocycles. The number of carboxylic acids is 1. The Kier molecular flexibility index (Phi) is 8.82. The normalized spacial score (nSPS) is 19.9. The number of thioether (sulfide) groups is 1. The van der Waals surface area contributed by atoms with E-state index < -0.39 is 10.7 Å². The van der Waals surface area contributed by atoms with Crippen LogP contribution in [0.1, 0.15) is 73.1 Å². The topological polar surface area (TPSA) is 82.5 Å². The van der Waals surface area contributed by atoms with Gasteiger partial charge in [-0.05, 0) is 57.8 Å². The zero-order chi connectivity index (χ0) is 21.6. The van der Waals surface area contributed by atoms with Crippen LogP contribution in [-0.4, -0.2) is 44.3 Å². The summed E-state index contributed by atoms with van der Waals surface area (Å²) in [7, 11) is 0. The fourth-order valence-electron chi connectivity index (χ4n) is 3.53. The van der Waals surface area contributed by atoms with Crippen molar-refractivity contribution in [2.75, 3.05) is 11.9 Å². The second-order valence-corrected chi connectivity index (χ2v) is 11.7. The van der Waals surface area contributed by atoms with E-state index in [1.54, 1.807) is 20.0 Å². The van der Waals surface area contributed by atoms with Crippen molar-refractivity contribution in [3.8, 4) is 0 Å². The zero-order valence-electron chi connectivity index (χ0n) is 18.2. The first-order valence-corrected chi connectivity index (χ1v) is 12.2. The number of nitrogens with zero attached hydrogens (tertiary/aromatic N) is 2. The molecule has 0 bridgehead atoms. The summed E-state index contributed by atoms with van der Waals surface area (Å²) in [6.45, 7) is 10.7. The van der Waals surface area contributed by atoms with Gasteiger partial charge < -0.3 is 10.0 Å². The third kappa shape index (κ3) is 7.17. The maximum Gasteiger partial charge on any atom is 0.323 e. The van der Waals surface area contributed by atoms with Gasteiger partial charge in [-0.1, -0.05) is 50.3 Å². The van der Waals surface area contributed by atoms with Crippen LogP contribution in [0.15, 0.2) is 10.4 Å². The molecule has 8 heteroatoms. The summed E-state index contributed by atoms with van der Waals surface area (Å²) in [6.07, 6.45) is 8.35. The predicted molar refractivity (Wildman–Crippen MR) is 121 cm³/mol. The maximum absolute atomic E-state index is 13.1. The van der Waals surface area contributed by atoms with Crippen molar-refractivity contribution in [3.05, 3.63) is 6.20 Å². The monoisotopic (exact) mass is 441 g/mol. The molecule has 2 rings (SSSR count). The molecule has 2 N–H and O–H groups in total. The molecular formula is C21H35N3O3S2. The molecule has 2 amide bonds. The molecule has 1 aliphatic rings. The fourth-order valence-corrected chi connectivity index (χ4v) is 5.80. The highest BCUT2D eigenvalue weighted by atomic mass is 32.2. The Morgan fingerprint density at radius 3 is 2.55 bits per heavy atom. The van der Waals surface area contributed by atoms with E-state index in [0.717, 1.165) is 35.9 Å². The van der Waals surface area contributed by atoms with Crippen LogP contribution in [0.5, 0.6) is 0 Å². The lowest BCUT2D eigenvalue weighted by molar-refractivity contribution is -0.138. The molecule has 1 fully saturated rings. The van der Waals surface area contributed by atoms with Crippen LogP contribution in [-0.2, 0) is 4.79 Å². The number of carboxylic acid groups (broad SMARTS) is 1. The molecule has 1 aromatic rings. The van der Waals surface area contributed by atoms with E-state index in [4.69, 9.17) is 0 Å². The van der Waals surface area contributed by atoms with E-state index in [2.05, 4.69) is 31.1 Å². The van der Waals surface area contributed by atoms with Gasteiger partial charge in [0.1, 0.15) is 4.75 Å². The quantitative estimate of drug-likeness (QED) is 0.463. The standard InChI is InChI=1S/C21H35N3O3S2/c1-6-15-7-9-16(10-8-15)24(12-11-14(2)3)20(27)23-19-22-13-17(28-19)29-21(4,5)18(25)26/h13-16H,6-12H2,1-5H3,(H,25,26)(H,22,23,27)/t15-,16-. The van der Waals surface area contributed by atoms with Crippen LogP contribution in [0.4, 0.5) is 9.93 Å². The van der Waals surface area contributed by atoms with Crippen molar-refractivity contribution in [1.29, 1.82) is 0 Å². The van der Waals surface area contributed by atoms with Gasteiger partial charge in [0.25, 0.3) is 0 Å². The van der Waals surface area contributed by atoms with Crippen LogP contribution in [0.2, 0.25) is 0 Å². The summed E-state index contributed by atoms with van der Waals surface area (Å²) in [5.74, 6) is 0.458. The SMILES string of the molecule is CC[C@H]1CC[C@H](N(CCC(C)C)C(=O)Nc2ncc(SC(C)(C)C(=O)O)s2)CC1. The Labute approximate surface area is 182 Å². The molecule has 0 spiro atoms. The summed E-state index contributed by atoms with van der Waals surface area (Å²) in [5, 5.41) is 12.8. The van der Waals surface area contributed by atoms with E-state index in [1.807, 2.05) is 4.90 Å². The van der Waals surface area contributed by atoms with Gasteiger partial charge >= 0.3 is 12.0 Å². The molecular weight excluding hydrogens is 406 g/mol. The summed E-state index contributed by atoms with van der Waals surface area (Å²) in [4.78, 5) is 30.7. The molecule has 164 valence electrons. The van der Waals surface area contributed by atoms with E-state index in [1.165, 1.54) is 42.4 Å². The van der Waals surface area contributed by atoms with Gasteiger partial charge in [0.2, 0.25) is 0 Å². The summed E-state index contributed by atoms with van der Waals surface area (Å²) in [5.41, 5.74) is 0. The Morgan fingerprint density at radius 1 is 1.34 bits per heavy atom. The Balaban J connectivity index is 2.02. The van der Waals surface area contributed by atoms with Crippen LogP contribution in [0, 0.1) is 11.8 Å². The molecule has 0 atom stereocenters. The van der Waals surface area contributed by atoms with Gasteiger partial charge in [-0.15, -0.1) is 0 Å². The molecule has 0 saturated heterocycles. The molecule has 0 radical (unpaired) electrons. The Bertz CT molecular complexity index is 682. The molecule has 1 saturated carbocycles. The fraction of sp³-hybridized carbons (Fsp3) is 0.762. The number of hydrogen-bond acceptors (Lipinski definition) is 5. The molecule has 0 unspecified atom stereocenters. The number of urea groups is 1. The number of hydrogen-bond donors (Lipinski definition) is 2. The highest BCUT2D eigenvalue weighted by molar-refractivity contribution is 8.03. The van der Waals surface area contributed by atoms with Gasteiger partial charge in [0.15, 0.2) is 5.13 Å². The summed E-state index contributed by atoms with van der Waals surface area (Å²) >= 11 is 2.57. The van der Waals surface area contributed by atoms with E-state index >= 15 is 0 Å². The number of amides is 2. The van der Waals surface area contributed by atoms with Crippen molar-refractivity contribution in [1.82, 2.24) is 9.88 Å². The molecule has 6 nitrogen and oxygen atoms in total. The second-order valence-electron chi connectivity index (χ2n) is 8.79. The molecule has 1 aromatic heterocycles. The number of rotatable bonds is 9. The third-order valence-electron chi connectivity index (χ3n) is 5.61. The number of aliphatic carboxylic acids is 1. The van der Waals surface area contributed by atoms with Crippen molar-refractivity contribution in [2.45, 2.75) is 88.1 Å². The van der Waals surface area contributed by atoms with E-state index in [9.17, 15) is 14.7 Å². The minimum Gasteiger partial charge on any atom is -0.480 e. The average molecular weight is 442 g/mol. The first kappa shape index (κ1) is 24.0. The number of aromatic nitrogens is 1. The number of carbonyl (C=O) groups excluding carboxylic acids is 1. The van der Waals surface area contributed by atoms with Crippen LogP contribution >= 0.6 is 23.1 Å². The highest BCUT2D eigenvalue weighted by Gasteiger charge is 2.31. The summed E-state index contributed by atoms with van der Waals surface area (Å²) in [6, 6.07) is 0.199. The van der Waals surface area contributed by atoms with E-state index in [0.29, 0.717) is 11.0 Å². The highest BCUT2D eigenvalue weighted by Crippen LogP contribution is 2.37. The maximum atomic E-state index is 13.1. The van der Waals surface area contributed by atoms with Gasteiger partial charge in [-0.2, -0.15) is 0 Å². The van der Waals surface area contributed by atoms with Gasteiger partial charge in [0, 0.05) is 12.6 Å². The van der Waals surface area contributed by atoms with Gasteiger partial charge in [-0.25, -0.2) is 9.78 Å². The van der Waals surface area contributed by atoms with Gasteiger partial charge in [-0.3, -0.25) is 10.1 Å². The molecule has 1 aliphatic carbocycles. The number of thiazole rings is 1. The zero-order valence-corrected chi connectivity index (χ0v) is 19.9. The first-order chi connectivity index (χ1) is 13.6. The lowest BCUT2D eigenvalue weighted by Crippen LogP contribution is -2.45. The van der Waals surface area contributed by atoms with Crippen molar-refractivity contribution in [2.24, 2.45) is 11.8 Å². The Morgan fingerprint density at radius 2 is 2.00 bits per heavy atom. The predicted octanol–water partition coefficient (Wildman–Crippen LogP) is 5.95. The van der Waals surface area contributed by atoms with E-state index in [-0.39, 0.29) is 12.1 Å². The van der Waals surface area contributed by atoms with Crippen molar-refractivity contribution >= 4 is 40.2 Å². The lowest BCUT2D eigenvalue weighted by Gasteiger charge is -2.37. The average Bonchev–Trinajstić information content (AvgIpc) is 3.08. The minimum absolute atomic E-state index is 0.0889. The largest absolute Gasteiger partial charge is 0.480 e. The van der Waals surface area contributed by atoms with Crippen LogP contribution in [0.25, 0.3) is 0 Å². The second kappa shape index (κ2) is 10.7. The Hall–Kier alpha value is -1.28. The van der Waals surface area contributed by atoms with Crippen molar-refractivity contribution < 1.29 is 14.7 Å². The van der Waals surface area contributed by atoms with Crippen LogP contribution in [0.3, 0.4) is 0 Å². The third-order valence-corrected chi connectivity index (χ3v) is 7.81. The number of nitrogens with one attached hydrogen (secondary N) is 1. The van der Waals surface area contributed by atoms with Gasteiger partial charge in [0.05, 0.1) is 10.4 Å². The number of anilines is 1. The summed E-state index contributed by atoms with van der Waals surface area (Å²) < 4.78 is -0.153. The molecule has 0 aliphatic heterocycles. The smallest absolute Gasteiger partial charge is 0.323 e. The van der Waals surface area contributed by atoms with Crippen LogP contribution < -0.4 is 5.32 Å². The molecule has 29 heavy (non-hydrogen) atoms. The molecule has 0 aromatic carbocycles. The lowest BCUT2D eigenvalue weighted by atomic mass is 9.84. The minimum atomic E-state index is -0.935.